The lowest BCUT2D eigenvalue weighted by molar-refractivity contribution is -0.149. The van der Waals surface area contributed by atoms with E-state index < -0.39 is 11.4 Å². The molecular weight excluding hydrogens is 274 g/mol. The van der Waals surface area contributed by atoms with Crippen molar-refractivity contribution < 1.29 is 9.90 Å². The van der Waals surface area contributed by atoms with E-state index in [0.717, 1.165) is 35.4 Å². The van der Waals surface area contributed by atoms with Crippen LogP contribution in [0.5, 0.6) is 0 Å². The number of anilines is 1. The summed E-state index contributed by atoms with van der Waals surface area (Å²) in [5, 5.41) is 12.6. The van der Waals surface area contributed by atoms with Gasteiger partial charge in [0.25, 0.3) is 0 Å². The fourth-order valence-corrected chi connectivity index (χ4v) is 3.68. The Kier molecular flexibility index (Phi) is 3.33. The van der Waals surface area contributed by atoms with Crippen LogP contribution in [0, 0.1) is 5.41 Å². The average Bonchev–Trinajstić information content (AvgIpc) is 2.95. The van der Waals surface area contributed by atoms with Gasteiger partial charge in [0.05, 0.1) is 10.8 Å². The summed E-state index contributed by atoms with van der Waals surface area (Å²) in [7, 11) is 0. The molecule has 0 amide bonds. The van der Waals surface area contributed by atoms with E-state index in [1.165, 1.54) is 0 Å². The number of thiophene rings is 1. The first-order valence-corrected chi connectivity index (χ1v) is 7.71. The van der Waals surface area contributed by atoms with E-state index in [1.54, 1.807) is 17.7 Å². The number of carboxylic acids is 1. The van der Waals surface area contributed by atoms with Crippen LogP contribution in [0.1, 0.15) is 26.2 Å². The second kappa shape index (κ2) is 5.01. The Morgan fingerprint density at radius 1 is 1.55 bits per heavy atom. The lowest BCUT2D eigenvalue weighted by Crippen LogP contribution is -2.48. The molecule has 1 unspecified atom stereocenters. The molecule has 3 heterocycles. The highest BCUT2D eigenvalue weighted by molar-refractivity contribution is 7.16. The van der Waals surface area contributed by atoms with Gasteiger partial charge in [0.1, 0.15) is 17.0 Å². The summed E-state index contributed by atoms with van der Waals surface area (Å²) >= 11 is 1.58. The highest BCUT2D eigenvalue weighted by Crippen LogP contribution is 2.37. The van der Waals surface area contributed by atoms with Gasteiger partial charge >= 0.3 is 5.97 Å². The zero-order chi connectivity index (χ0) is 14.2. The number of carboxylic acid groups (broad SMARTS) is 1. The highest BCUT2D eigenvalue weighted by Gasteiger charge is 2.41. The maximum atomic E-state index is 11.6. The van der Waals surface area contributed by atoms with E-state index in [1.807, 2.05) is 18.4 Å². The van der Waals surface area contributed by atoms with Gasteiger partial charge in [-0.1, -0.05) is 6.92 Å². The summed E-state index contributed by atoms with van der Waals surface area (Å²) in [5.74, 6) is 0.176. The van der Waals surface area contributed by atoms with Gasteiger partial charge < -0.3 is 10.0 Å². The lowest BCUT2D eigenvalue weighted by atomic mass is 9.77. The summed E-state index contributed by atoms with van der Waals surface area (Å²) < 4.78 is 0. The number of aromatic nitrogens is 2. The smallest absolute Gasteiger partial charge is 0.311 e. The van der Waals surface area contributed by atoms with Crippen LogP contribution in [-0.4, -0.2) is 34.1 Å². The lowest BCUT2D eigenvalue weighted by Gasteiger charge is -2.40. The van der Waals surface area contributed by atoms with Crippen molar-refractivity contribution in [3.63, 3.8) is 0 Å². The van der Waals surface area contributed by atoms with Crippen molar-refractivity contribution in [2.24, 2.45) is 5.41 Å². The maximum Gasteiger partial charge on any atom is 0.311 e. The van der Waals surface area contributed by atoms with Gasteiger partial charge in [-0.15, -0.1) is 11.3 Å². The first-order valence-electron chi connectivity index (χ1n) is 6.83. The minimum absolute atomic E-state index is 0.529. The first-order chi connectivity index (χ1) is 9.66. The van der Waals surface area contributed by atoms with Crippen molar-refractivity contribution in [2.75, 3.05) is 18.0 Å². The Morgan fingerprint density at radius 2 is 2.40 bits per heavy atom. The van der Waals surface area contributed by atoms with Gasteiger partial charge in [-0.3, -0.25) is 4.79 Å². The fourth-order valence-electron chi connectivity index (χ4n) is 2.96. The van der Waals surface area contributed by atoms with Crippen molar-refractivity contribution in [1.29, 1.82) is 0 Å². The van der Waals surface area contributed by atoms with E-state index in [2.05, 4.69) is 14.9 Å². The minimum atomic E-state index is -0.694. The Hall–Kier alpha value is -1.69. The number of hydrogen-bond donors (Lipinski definition) is 1. The van der Waals surface area contributed by atoms with Gasteiger partial charge in [-0.05, 0) is 30.7 Å². The van der Waals surface area contributed by atoms with Crippen LogP contribution in [0.3, 0.4) is 0 Å². The number of fused-ring (bicyclic) bond motifs is 1. The van der Waals surface area contributed by atoms with Gasteiger partial charge in [0.2, 0.25) is 0 Å². The summed E-state index contributed by atoms with van der Waals surface area (Å²) in [6, 6.07) is 2.01. The van der Waals surface area contributed by atoms with Crippen LogP contribution in [0.25, 0.3) is 10.2 Å². The van der Waals surface area contributed by atoms with Crippen molar-refractivity contribution in [3.8, 4) is 0 Å². The summed E-state index contributed by atoms with van der Waals surface area (Å²) in [4.78, 5) is 23.3. The molecule has 106 valence electrons. The Bertz CT molecular complexity index is 642. The number of hydrogen-bond acceptors (Lipinski definition) is 5. The fraction of sp³-hybridized carbons (Fsp3) is 0.500. The largest absolute Gasteiger partial charge is 0.481 e. The molecule has 1 atom stereocenters. The second-order valence-corrected chi connectivity index (χ2v) is 6.20. The summed E-state index contributed by atoms with van der Waals surface area (Å²) in [6.45, 7) is 3.34. The zero-order valence-electron chi connectivity index (χ0n) is 11.4. The molecule has 0 bridgehead atoms. The highest BCUT2D eigenvalue weighted by atomic mass is 32.1. The molecule has 1 N–H and O–H groups in total. The normalized spacial score (nSPS) is 23.1. The van der Waals surface area contributed by atoms with Crippen LogP contribution < -0.4 is 4.90 Å². The zero-order valence-corrected chi connectivity index (χ0v) is 12.2. The van der Waals surface area contributed by atoms with Crippen LogP contribution in [-0.2, 0) is 4.79 Å². The first kappa shape index (κ1) is 13.3. The molecule has 1 saturated heterocycles. The predicted molar refractivity (Wildman–Crippen MR) is 79.2 cm³/mol. The number of aliphatic carboxylic acids is 1. The monoisotopic (exact) mass is 291 g/mol. The molecule has 0 aromatic carbocycles. The number of nitrogens with zero attached hydrogens (tertiary/aromatic N) is 3. The van der Waals surface area contributed by atoms with E-state index in [9.17, 15) is 9.90 Å². The number of rotatable bonds is 3. The Labute approximate surface area is 121 Å². The van der Waals surface area contributed by atoms with Crippen molar-refractivity contribution in [1.82, 2.24) is 9.97 Å². The molecule has 1 fully saturated rings. The van der Waals surface area contributed by atoms with E-state index in [4.69, 9.17) is 0 Å². The molecule has 5 nitrogen and oxygen atoms in total. The molecule has 2 aromatic rings. The molecule has 6 heteroatoms. The van der Waals surface area contributed by atoms with Crippen LogP contribution in [0.15, 0.2) is 17.8 Å². The molecule has 20 heavy (non-hydrogen) atoms. The third kappa shape index (κ3) is 2.04. The predicted octanol–water partition coefficient (Wildman–Crippen LogP) is 2.77. The molecule has 3 rings (SSSR count). The standard InChI is InChI=1S/C14H17N3O2S/c1-2-14(13(18)19)5-3-6-17(8-14)11-10-4-7-20-12(10)16-9-15-11/h4,7,9H,2-3,5-6,8H2,1H3,(H,18,19). The van der Waals surface area contributed by atoms with Crippen LogP contribution >= 0.6 is 11.3 Å². The molecule has 0 aliphatic carbocycles. The van der Waals surface area contributed by atoms with Crippen molar-refractivity contribution in [2.45, 2.75) is 26.2 Å². The minimum Gasteiger partial charge on any atom is -0.481 e. The third-order valence-corrected chi connectivity index (χ3v) is 5.07. The van der Waals surface area contributed by atoms with Gasteiger partial charge in [0.15, 0.2) is 0 Å². The van der Waals surface area contributed by atoms with Crippen molar-refractivity contribution in [3.05, 3.63) is 17.8 Å². The Balaban J connectivity index is 1.98. The van der Waals surface area contributed by atoms with Gasteiger partial charge in [0, 0.05) is 13.1 Å². The molecule has 1 aliphatic heterocycles. The average molecular weight is 291 g/mol. The van der Waals surface area contributed by atoms with Crippen LogP contribution in [0.2, 0.25) is 0 Å². The third-order valence-electron chi connectivity index (χ3n) is 4.25. The SMILES string of the molecule is CCC1(C(=O)O)CCCN(c2ncnc3sccc23)C1. The van der Waals surface area contributed by atoms with Gasteiger partial charge in [-0.2, -0.15) is 0 Å². The second-order valence-electron chi connectivity index (χ2n) is 5.30. The molecule has 0 radical (unpaired) electrons. The Morgan fingerprint density at radius 3 is 3.15 bits per heavy atom. The van der Waals surface area contributed by atoms with E-state index >= 15 is 0 Å². The number of piperidine rings is 1. The maximum absolute atomic E-state index is 11.6. The van der Waals surface area contributed by atoms with Crippen LogP contribution in [0.4, 0.5) is 5.82 Å². The van der Waals surface area contributed by atoms with Gasteiger partial charge in [-0.25, -0.2) is 9.97 Å². The summed E-state index contributed by atoms with van der Waals surface area (Å²) in [5.41, 5.74) is -0.647. The molecule has 0 spiro atoms. The molecular formula is C14H17N3O2S. The number of carbonyl (C=O) groups is 1. The molecule has 2 aromatic heterocycles. The quantitative estimate of drug-likeness (QED) is 0.942. The topological polar surface area (TPSA) is 66.3 Å². The van der Waals surface area contributed by atoms with E-state index in [0.29, 0.717) is 13.0 Å². The summed E-state index contributed by atoms with van der Waals surface area (Å²) in [6.07, 6.45) is 3.84. The molecule has 1 aliphatic rings. The van der Waals surface area contributed by atoms with Crippen molar-refractivity contribution >= 4 is 33.3 Å². The van der Waals surface area contributed by atoms with E-state index in [-0.39, 0.29) is 0 Å². The molecule has 0 saturated carbocycles.